The van der Waals surface area contributed by atoms with E-state index < -0.39 is 12.0 Å². The van der Waals surface area contributed by atoms with Gasteiger partial charge in [-0.2, -0.15) is 0 Å². The number of ether oxygens (including phenoxy) is 1. The highest BCUT2D eigenvalue weighted by molar-refractivity contribution is 9.10. The van der Waals surface area contributed by atoms with Gasteiger partial charge in [-0.25, -0.2) is 0 Å². The van der Waals surface area contributed by atoms with Gasteiger partial charge < -0.3 is 20.5 Å². The minimum absolute atomic E-state index is 0.137. The van der Waals surface area contributed by atoms with Gasteiger partial charge in [0.25, 0.3) is 0 Å². The van der Waals surface area contributed by atoms with E-state index in [4.69, 9.17) is 4.74 Å². The highest BCUT2D eigenvalue weighted by Gasteiger charge is 2.20. The van der Waals surface area contributed by atoms with Gasteiger partial charge in [0.1, 0.15) is 6.04 Å². The molecule has 0 spiro atoms. The topological polar surface area (TPSA) is 87.7 Å². The van der Waals surface area contributed by atoms with E-state index in [1.54, 1.807) is 18.2 Å². The number of aliphatic carboxylic acids is 1. The lowest BCUT2D eigenvalue weighted by Crippen LogP contribution is -2.40. The van der Waals surface area contributed by atoms with Gasteiger partial charge in [0.2, 0.25) is 5.91 Å². The molecule has 0 saturated carbocycles. The number of para-hydroxylation sites is 1. The SMILES string of the molecule is CC(C)OCCCNC(CC(=O)Nc1ccccc1Br)C(=O)O. The second-order valence-electron chi connectivity index (χ2n) is 5.35. The molecule has 128 valence electrons. The molecule has 0 aliphatic heterocycles. The first-order valence-corrected chi connectivity index (χ1v) is 8.31. The molecule has 0 heterocycles. The van der Waals surface area contributed by atoms with Crippen LogP contribution in [0.1, 0.15) is 26.7 Å². The van der Waals surface area contributed by atoms with Gasteiger partial charge in [0.05, 0.1) is 18.2 Å². The van der Waals surface area contributed by atoms with E-state index in [0.717, 1.165) is 4.47 Å². The van der Waals surface area contributed by atoms with Crippen LogP contribution in [-0.4, -0.2) is 42.3 Å². The van der Waals surface area contributed by atoms with Crippen molar-refractivity contribution in [3.8, 4) is 0 Å². The molecule has 1 amide bonds. The third kappa shape index (κ3) is 8.11. The highest BCUT2D eigenvalue weighted by Crippen LogP contribution is 2.21. The predicted molar refractivity (Wildman–Crippen MR) is 92.5 cm³/mol. The summed E-state index contributed by atoms with van der Waals surface area (Å²) in [5, 5.41) is 14.8. The molecular formula is C16H23BrN2O4. The van der Waals surface area contributed by atoms with E-state index in [1.165, 1.54) is 0 Å². The summed E-state index contributed by atoms with van der Waals surface area (Å²) >= 11 is 3.33. The van der Waals surface area contributed by atoms with E-state index in [1.807, 2.05) is 19.9 Å². The maximum atomic E-state index is 12.0. The number of benzene rings is 1. The molecule has 0 fully saturated rings. The van der Waals surface area contributed by atoms with Crippen molar-refractivity contribution in [2.45, 2.75) is 38.8 Å². The Morgan fingerprint density at radius 3 is 2.61 bits per heavy atom. The third-order valence-electron chi connectivity index (χ3n) is 3.00. The van der Waals surface area contributed by atoms with Crippen LogP contribution in [0, 0.1) is 0 Å². The monoisotopic (exact) mass is 386 g/mol. The molecule has 1 atom stereocenters. The van der Waals surface area contributed by atoms with Gasteiger partial charge in [-0.3, -0.25) is 9.59 Å². The Hall–Kier alpha value is -1.44. The van der Waals surface area contributed by atoms with Gasteiger partial charge >= 0.3 is 5.97 Å². The minimum Gasteiger partial charge on any atom is -0.480 e. The lowest BCUT2D eigenvalue weighted by Gasteiger charge is -2.15. The van der Waals surface area contributed by atoms with Crippen LogP contribution in [0.4, 0.5) is 5.69 Å². The average molecular weight is 387 g/mol. The van der Waals surface area contributed by atoms with Gasteiger partial charge in [0, 0.05) is 11.1 Å². The van der Waals surface area contributed by atoms with Crippen LogP contribution < -0.4 is 10.6 Å². The van der Waals surface area contributed by atoms with Gasteiger partial charge in [-0.1, -0.05) is 12.1 Å². The number of rotatable bonds is 10. The smallest absolute Gasteiger partial charge is 0.321 e. The molecular weight excluding hydrogens is 364 g/mol. The molecule has 1 aromatic carbocycles. The van der Waals surface area contributed by atoms with E-state index in [2.05, 4.69) is 26.6 Å². The van der Waals surface area contributed by atoms with Gasteiger partial charge in [-0.05, 0) is 54.9 Å². The molecule has 0 aliphatic rings. The van der Waals surface area contributed by atoms with Crippen LogP contribution in [0.15, 0.2) is 28.7 Å². The summed E-state index contributed by atoms with van der Waals surface area (Å²) in [6.45, 7) is 4.92. The zero-order valence-electron chi connectivity index (χ0n) is 13.3. The molecule has 1 aromatic rings. The maximum Gasteiger partial charge on any atom is 0.321 e. The molecule has 23 heavy (non-hydrogen) atoms. The number of nitrogens with one attached hydrogen (secondary N) is 2. The molecule has 0 aromatic heterocycles. The van der Waals surface area contributed by atoms with Crippen LogP contribution in [0.3, 0.4) is 0 Å². The van der Waals surface area contributed by atoms with Crippen molar-refractivity contribution >= 4 is 33.5 Å². The zero-order chi connectivity index (χ0) is 17.2. The molecule has 7 heteroatoms. The summed E-state index contributed by atoms with van der Waals surface area (Å²) in [6, 6.07) is 6.26. The van der Waals surface area contributed by atoms with E-state index in [-0.39, 0.29) is 18.4 Å². The van der Waals surface area contributed by atoms with Crippen LogP contribution in [0.5, 0.6) is 0 Å². The van der Waals surface area contributed by atoms with E-state index in [9.17, 15) is 14.7 Å². The molecule has 0 aliphatic carbocycles. The summed E-state index contributed by atoms with van der Waals surface area (Å²) in [7, 11) is 0. The molecule has 1 unspecified atom stereocenters. The van der Waals surface area contributed by atoms with Gasteiger partial charge in [0.15, 0.2) is 0 Å². The summed E-state index contributed by atoms with van der Waals surface area (Å²) < 4.78 is 6.13. The quantitative estimate of drug-likeness (QED) is 0.538. The Morgan fingerprint density at radius 1 is 1.30 bits per heavy atom. The Morgan fingerprint density at radius 2 is 2.00 bits per heavy atom. The number of carboxylic acids is 1. The molecule has 0 radical (unpaired) electrons. The van der Waals surface area contributed by atoms with E-state index >= 15 is 0 Å². The Balaban J connectivity index is 2.41. The van der Waals surface area contributed by atoms with Crippen LogP contribution in [0.2, 0.25) is 0 Å². The lowest BCUT2D eigenvalue weighted by molar-refractivity contribution is -0.141. The van der Waals surface area contributed by atoms with Crippen molar-refractivity contribution < 1.29 is 19.4 Å². The fraction of sp³-hybridized carbons (Fsp3) is 0.500. The fourth-order valence-corrected chi connectivity index (χ4v) is 2.25. The number of hydrogen-bond acceptors (Lipinski definition) is 4. The standard InChI is InChI=1S/C16H23BrN2O4/c1-11(2)23-9-5-8-18-14(16(21)22)10-15(20)19-13-7-4-3-6-12(13)17/h3-4,6-7,11,14,18H,5,8-10H2,1-2H3,(H,19,20)(H,21,22). The largest absolute Gasteiger partial charge is 0.480 e. The third-order valence-corrected chi connectivity index (χ3v) is 3.69. The van der Waals surface area contributed by atoms with Crippen molar-refractivity contribution in [2.24, 2.45) is 0 Å². The molecule has 6 nitrogen and oxygen atoms in total. The Labute approximate surface area is 144 Å². The first kappa shape index (κ1) is 19.6. The van der Waals surface area contributed by atoms with Gasteiger partial charge in [-0.15, -0.1) is 0 Å². The van der Waals surface area contributed by atoms with Crippen molar-refractivity contribution in [3.63, 3.8) is 0 Å². The Bertz CT molecular complexity index is 523. The summed E-state index contributed by atoms with van der Waals surface area (Å²) in [6.07, 6.45) is 0.704. The minimum atomic E-state index is -1.04. The molecule has 3 N–H and O–H groups in total. The molecule has 0 saturated heterocycles. The van der Waals surface area contributed by atoms with Crippen molar-refractivity contribution in [1.82, 2.24) is 5.32 Å². The van der Waals surface area contributed by atoms with Crippen molar-refractivity contribution in [3.05, 3.63) is 28.7 Å². The zero-order valence-corrected chi connectivity index (χ0v) is 14.9. The van der Waals surface area contributed by atoms with Crippen molar-refractivity contribution in [2.75, 3.05) is 18.5 Å². The first-order valence-electron chi connectivity index (χ1n) is 7.52. The lowest BCUT2D eigenvalue weighted by atomic mass is 10.2. The predicted octanol–water partition coefficient (Wildman–Crippen LogP) is 2.64. The van der Waals surface area contributed by atoms with Crippen LogP contribution in [-0.2, 0) is 14.3 Å². The number of amides is 1. The number of carboxylic acid groups (broad SMARTS) is 1. The number of halogens is 1. The summed E-state index contributed by atoms with van der Waals surface area (Å²) in [5.41, 5.74) is 0.618. The number of anilines is 1. The maximum absolute atomic E-state index is 12.0. The summed E-state index contributed by atoms with van der Waals surface area (Å²) in [4.78, 5) is 23.2. The normalized spacial score (nSPS) is 12.2. The first-order chi connectivity index (χ1) is 10.9. The molecule has 1 rings (SSSR count). The molecule has 0 bridgehead atoms. The summed E-state index contributed by atoms with van der Waals surface area (Å²) in [5.74, 6) is -1.40. The van der Waals surface area contributed by atoms with Crippen LogP contribution >= 0.6 is 15.9 Å². The second-order valence-corrected chi connectivity index (χ2v) is 6.20. The average Bonchev–Trinajstić information content (AvgIpc) is 2.47. The second kappa shape index (κ2) is 10.4. The number of hydrogen-bond donors (Lipinski definition) is 3. The van der Waals surface area contributed by atoms with Crippen molar-refractivity contribution in [1.29, 1.82) is 0 Å². The number of carbonyl (C=O) groups excluding carboxylic acids is 1. The Kier molecular flexibility index (Phi) is 8.83. The fourth-order valence-electron chi connectivity index (χ4n) is 1.86. The van der Waals surface area contributed by atoms with Crippen LogP contribution in [0.25, 0.3) is 0 Å². The highest BCUT2D eigenvalue weighted by atomic mass is 79.9. The van der Waals surface area contributed by atoms with E-state index in [0.29, 0.717) is 25.3 Å². The number of carbonyl (C=O) groups is 2.